The number of hydrogen-bond acceptors (Lipinski definition) is 6. The van der Waals surface area contributed by atoms with E-state index < -0.39 is 8.56 Å². The molecule has 0 bridgehead atoms. The van der Waals surface area contributed by atoms with Crippen LogP contribution < -0.4 is 5.19 Å². The fourth-order valence-corrected chi connectivity index (χ4v) is 6.68. The van der Waals surface area contributed by atoms with Gasteiger partial charge in [-0.1, -0.05) is 38.8 Å². The molecule has 0 spiro atoms. The fourth-order valence-electron chi connectivity index (χ4n) is 3.23. The number of aromatic hydroxyl groups is 2. The van der Waals surface area contributed by atoms with Crippen LogP contribution in [-0.4, -0.2) is 44.6 Å². The quantitative estimate of drug-likeness (QED) is 0.250. The van der Waals surface area contributed by atoms with E-state index in [1.54, 1.807) is 24.3 Å². The Kier molecular flexibility index (Phi) is 10.6. The van der Waals surface area contributed by atoms with Crippen molar-refractivity contribution in [2.75, 3.05) is 19.8 Å². The predicted octanol–water partition coefficient (Wildman–Crippen LogP) is 4.63. The second kappa shape index (κ2) is 13.1. The van der Waals surface area contributed by atoms with Crippen LogP contribution >= 0.6 is 0 Å². The smallest absolute Gasteiger partial charge is 0.372 e. The molecule has 7 heteroatoms. The summed E-state index contributed by atoms with van der Waals surface area (Å²) in [4.78, 5) is 12.0. The number of carbonyl (C=O) groups is 1. The van der Waals surface area contributed by atoms with Crippen molar-refractivity contribution in [2.45, 2.75) is 52.0 Å². The predicted molar refractivity (Wildman–Crippen MR) is 123 cm³/mol. The van der Waals surface area contributed by atoms with Crippen molar-refractivity contribution in [2.24, 2.45) is 0 Å². The lowest BCUT2D eigenvalue weighted by Gasteiger charge is -2.31. The van der Waals surface area contributed by atoms with E-state index in [0.29, 0.717) is 25.4 Å². The van der Waals surface area contributed by atoms with Gasteiger partial charge in [0, 0.05) is 13.2 Å². The number of phenols is 2. The Hall–Kier alpha value is -2.35. The van der Waals surface area contributed by atoms with Gasteiger partial charge in [0.1, 0.15) is 11.5 Å². The second-order valence-corrected chi connectivity index (χ2v) is 10.7. The molecule has 2 aromatic carbocycles. The zero-order chi connectivity index (χ0) is 22.5. The van der Waals surface area contributed by atoms with Crippen molar-refractivity contribution < 1.29 is 28.6 Å². The normalized spacial score (nSPS) is 11.4. The number of phenolic OH excluding ortho intramolecular Hbond substituents is 2. The number of benzene rings is 2. The van der Waals surface area contributed by atoms with Gasteiger partial charge in [-0.25, -0.2) is 4.79 Å². The first-order valence-corrected chi connectivity index (χ1v) is 13.1. The van der Waals surface area contributed by atoms with Crippen molar-refractivity contribution in [1.82, 2.24) is 0 Å². The Morgan fingerprint density at radius 2 is 1.32 bits per heavy atom. The van der Waals surface area contributed by atoms with E-state index in [-0.39, 0.29) is 17.5 Å². The Morgan fingerprint density at radius 1 is 0.774 bits per heavy atom. The molecule has 0 saturated heterocycles. The molecule has 0 fully saturated rings. The van der Waals surface area contributed by atoms with E-state index in [9.17, 15) is 15.0 Å². The summed E-state index contributed by atoms with van der Waals surface area (Å²) in [7, 11) is -2.62. The third kappa shape index (κ3) is 8.01. The highest BCUT2D eigenvalue weighted by molar-refractivity contribution is 6.81. The summed E-state index contributed by atoms with van der Waals surface area (Å²) in [5, 5.41) is 20.0. The van der Waals surface area contributed by atoms with Crippen molar-refractivity contribution in [3.05, 3.63) is 54.1 Å². The number of unbranched alkanes of at least 4 members (excludes halogenated alkanes) is 2. The summed E-state index contributed by atoms with van der Waals surface area (Å²) < 4.78 is 18.0. The molecule has 2 rings (SSSR count). The van der Waals surface area contributed by atoms with Gasteiger partial charge in [0.15, 0.2) is 0 Å². The van der Waals surface area contributed by atoms with Gasteiger partial charge < -0.3 is 23.8 Å². The lowest BCUT2D eigenvalue weighted by molar-refractivity contribution is 0.0497. The monoisotopic (exact) mass is 446 g/mol. The van der Waals surface area contributed by atoms with E-state index in [4.69, 9.17) is 13.6 Å². The van der Waals surface area contributed by atoms with E-state index in [1.807, 2.05) is 12.1 Å². The van der Waals surface area contributed by atoms with Crippen LogP contribution in [0.4, 0.5) is 0 Å². The summed E-state index contributed by atoms with van der Waals surface area (Å²) in [6, 6.07) is 14.0. The topological polar surface area (TPSA) is 85.2 Å². The minimum atomic E-state index is -2.62. The molecular formula is C24H34O6Si. The first-order chi connectivity index (χ1) is 15.0. The van der Waals surface area contributed by atoms with Gasteiger partial charge in [-0.2, -0.15) is 0 Å². The van der Waals surface area contributed by atoms with Crippen molar-refractivity contribution in [3.8, 4) is 11.5 Å². The average molecular weight is 447 g/mol. The van der Waals surface area contributed by atoms with Gasteiger partial charge in [-0.05, 0) is 66.9 Å². The van der Waals surface area contributed by atoms with E-state index in [0.717, 1.165) is 43.3 Å². The second-order valence-electron chi connectivity index (χ2n) is 7.49. The SMILES string of the molecule is CCCO[Si](CCCCCOC(=O)c1ccc(O)cc1)(OCCC)c1ccc(O)cc1. The lowest BCUT2D eigenvalue weighted by Crippen LogP contribution is -2.54. The summed E-state index contributed by atoms with van der Waals surface area (Å²) in [5.41, 5.74) is 0.428. The summed E-state index contributed by atoms with van der Waals surface area (Å²) >= 11 is 0. The van der Waals surface area contributed by atoms with Crippen LogP contribution in [0.5, 0.6) is 11.5 Å². The Bertz CT molecular complexity index is 768. The Labute approximate surface area is 186 Å². The third-order valence-corrected chi connectivity index (χ3v) is 8.44. The number of hydrogen-bond donors (Lipinski definition) is 2. The zero-order valence-corrected chi connectivity index (χ0v) is 19.5. The van der Waals surface area contributed by atoms with Crippen LogP contribution in [-0.2, 0) is 13.6 Å². The molecule has 0 aliphatic carbocycles. The van der Waals surface area contributed by atoms with Crippen LogP contribution in [0.1, 0.15) is 56.3 Å². The molecule has 0 aromatic heterocycles. The number of rotatable bonds is 14. The van der Waals surface area contributed by atoms with Crippen molar-refractivity contribution in [1.29, 1.82) is 0 Å². The molecule has 0 atom stereocenters. The van der Waals surface area contributed by atoms with Gasteiger partial charge in [-0.15, -0.1) is 0 Å². The fraction of sp³-hybridized carbons (Fsp3) is 0.458. The first kappa shape index (κ1) is 24.9. The van der Waals surface area contributed by atoms with Crippen molar-refractivity contribution in [3.63, 3.8) is 0 Å². The maximum atomic E-state index is 12.0. The number of carbonyl (C=O) groups excluding carboxylic acids is 1. The summed E-state index contributed by atoms with van der Waals surface area (Å²) in [6.45, 7) is 5.79. The average Bonchev–Trinajstić information content (AvgIpc) is 2.78. The molecule has 0 unspecified atom stereocenters. The van der Waals surface area contributed by atoms with E-state index in [2.05, 4.69) is 13.8 Å². The molecule has 2 N–H and O–H groups in total. The minimum absolute atomic E-state index is 0.119. The van der Waals surface area contributed by atoms with Crippen LogP contribution in [0, 0.1) is 0 Å². The van der Waals surface area contributed by atoms with Crippen LogP contribution in [0.3, 0.4) is 0 Å². The molecule has 0 aliphatic rings. The van der Waals surface area contributed by atoms with Crippen LogP contribution in [0.2, 0.25) is 6.04 Å². The number of esters is 1. The molecule has 0 heterocycles. The van der Waals surface area contributed by atoms with Gasteiger partial charge in [-0.3, -0.25) is 0 Å². The van der Waals surface area contributed by atoms with Crippen LogP contribution in [0.25, 0.3) is 0 Å². The van der Waals surface area contributed by atoms with Crippen LogP contribution in [0.15, 0.2) is 48.5 Å². The summed E-state index contributed by atoms with van der Waals surface area (Å²) in [6.07, 6.45) is 4.37. The summed E-state index contributed by atoms with van der Waals surface area (Å²) in [5.74, 6) is -0.0353. The van der Waals surface area contributed by atoms with Gasteiger partial charge in [0.2, 0.25) is 0 Å². The Morgan fingerprint density at radius 3 is 1.87 bits per heavy atom. The lowest BCUT2D eigenvalue weighted by atomic mass is 10.2. The highest BCUT2D eigenvalue weighted by Gasteiger charge is 2.39. The molecule has 0 radical (unpaired) electrons. The minimum Gasteiger partial charge on any atom is -0.508 e. The highest BCUT2D eigenvalue weighted by Crippen LogP contribution is 2.21. The van der Waals surface area contributed by atoms with Gasteiger partial charge in [0.05, 0.1) is 12.2 Å². The van der Waals surface area contributed by atoms with E-state index in [1.165, 1.54) is 12.1 Å². The molecule has 6 nitrogen and oxygen atoms in total. The standard InChI is InChI=1S/C24H34O6Si/c1-3-16-29-31(30-17-4-2,23-14-12-22(26)13-15-23)19-7-5-6-18-28-24(27)20-8-10-21(25)11-9-20/h8-15,25-26H,3-7,16-19H2,1-2H3. The van der Waals surface area contributed by atoms with Gasteiger partial charge in [0.25, 0.3) is 0 Å². The molecule has 31 heavy (non-hydrogen) atoms. The molecule has 0 amide bonds. The maximum absolute atomic E-state index is 12.0. The maximum Gasteiger partial charge on any atom is 0.372 e. The number of ether oxygens (including phenoxy) is 1. The first-order valence-electron chi connectivity index (χ1n) is 11.0. The third-order valence-electron chi connectivity index (χ3n) is 4.87. The largest absolute Gasteiger partial charge is 0.508 e. The van der Waals surface area contributed by atoms with Crippen molar-refractivity contribution >= 4 is 19.7 Å². The zero-order valence-electron chi connectivity index (χ0n) is 18.5. The molecule has 2 aromatic rings. The highest BCUT2D eigenvalue weighted by atomic mass is 28.4. The van der Waals surface area contributed by atoms with Gasteiger partial charge >= 0.3 is 14.5 Å². The molecule has 0 saturated carbocycles. The molecule has 0 aliphatic heterocycles. The molecule has 170 valence electrons. The molecular weight excluding hydrogens is 412 g/mol. The Balaban J connectivity index is 1.89. The van der Waals surface area contributed by atoms with E-state index >= 15 is 0 Å².